The predicted octanol–water partition coefficient (Wildman–Crippen LogP) is 3.08. The summed E-state index contributed by atoms with van der Waals surface area (Å²) in [6.45, 7) is 4.98. The van der Waals surface area contributed by atoms with Crippen molar-refractivity contribution in [1.29, 1.82) is 0 Å². The molecule has 1 N–H and O–H groups in total. The van der Waals surface area contributed by atoms with E-state index in [-0.39, 0.29) is 7.43 Å². The Bertz CT molecular complexity index is 475. The number of hydrogen-bond donors (Lipinski definition) is 1. The molecule has 1 aliphatic rings. The highest BCUT2D eigenvalue weighted by molar-refractivity contribution is 5.70. The number of methoxy groups -OCH3 is 1. The monoisotopic (exact) mass is 281 g/mol. The van der Waals surface area contributed by atoms with Crippen LogP contribution < -0.4 is 14.8 Å². The van der Waals surface area contributed by atoms with E-state index in [1.165, 1.54) is 0 Å². The van der Waals surface area contributed by atoms with E-state index in [9.17, 15) is 4.79 Å². The molecule has 20 heavy (non-hydrogen) atoms. The molecule has 0 spiro atoms. The van der Waals surface area contributed by atoms with Crippen molar-refractivity contribution >= 4 is 6.09 Å². The summed E-state index contributed by atoms with van der Waals surface area (Å²) in [5.74, 6) is 1.35. The molecule has 0 saturated carbocycles. The van der Waals surface area contributed by atoms with Gasteiger partial charge in [0.1, 0.15) is 0 Å². The van der Waals surface area contributed by atoms with Gasteiger partial charge in [-0.05, 0) is 25.5 Å². The number of ether oxygens (including phenoxy) is 3. The number of nitrogens with one attached hydrogen (secondary N) is 1. The van der Waals surface area contributed by atoms with Crippen LogP contribution in [0.3, 0.4) is 0 Å². The lowest BCUT2D eigenvalue weighted by Gasteiger charge is -2.23. The Morgan fingerprint density at radius 2 is 2.15 bits per heavy atom. The van der Waals surface area contributed by atoms with Crippen molar-refractivity contribution in [1.82, 2.24) is 5.32 Å². The van der Waals surface area contributed by atoms with Crippen molar-refractivity contribution in [3.63, 3.8) is 0 Å². The summed E-state index contributed by atoms with van der Waals surface area (Å²) in [5, 5.41) is 2.67. The quantitative estimate of drug-likeness (QED) is 0.901. The average Bonchev–Trinajstić information content (AvgIpc) is 2.77. The van der Waals surface area contributed by atoms with Gasteiger partial charge in [-0.1, -0.05) is 20.4 Å². The summed E-state index contributed by atoms with van der Waals surface area (Å²) in [6, 6.07) is 5.59. The van der Waals surface area contributed by atoms with E-state index in [4.69, 9.17) is 14.2 Å². The molecule has 112 valence electrons. The van der Waals surface area contributed by atoms with Crippen LogP contribution in [-0.4, -0.2) is 26.4 Å². The standard InChI is InChI=1S/C14H19NO4.CH4/c1-4-7-18-12-8-10(5-6-11(12)17-3)14(2)9-15-13(16)19-14;/h5-6,8H,4,7,9H2,1-3H3,(H,15,16);1H4/t14-;/m0./s1. The molecule has 2 rings (SSSR count). The van der Waals surface area contributed by atoms with Crippen LogP contribution in [0.2, 0.25) is 0 Å². The fourth-order valence-corrected chi connectivity index (χ4v) is 2.01. The summed E-state index contributed by atoms with van der Waals surface area (Å²) in [5.41, 5.74) is 0.228. The topological polar surface area (TPSA) is 56.8 Å². The fourth-order valence-electron chi connectivity index (χ4n) is 2.01. The van der Waals surface area contributed by atoms with E-state index in [1.807, 2.05) is 32.0 Å². The van der Waals surface area contributed by atoms with Crippen molar-refractivity contribution < 1.29 is 19.0 Å². The number of alkyl carbamates (subject to hydrolysis) is 1. The van der Waals surface area contributed by atoms with Crippen LogP contribution in [0, 0.1) is 0 Å². The van der Waals surface area contributed by atoms with E-state index in [1.54, 1.807) is 7.11 Å². The predicted molar refractivity (Wildman–Crippen MR) is 77.3 cm³/mol. The van der Waals surface area contributed by atoms with E-state index >= 15 is 0 Å². The van der Waals surface area contributed by atoms with Crippen LogP contribution in [0.25, 0.3) is 0 Å². The zero-order valence-corrected chi connectivity index (χ0v) is 11.5. The molecule has 1 saturated heterocycles. The Kier molecular flexibility index (Phi) is 5.25. The number of carbonyl (C=O) groups excluding carboxylic acids is 1. The molecule has 1 aromatic carbocycles. The molecule has 1 fully saturated rings. The zero-order chi connectivity index (χ0) is 13.9. The minimum Gasteiger partial charge on any atom is -0.493 e. The van der Waals surface area contributed by atoms with Gasteiger partial charge in [-0.15, -0.1) is 0 Å². The first-order valence-electron chi connectivity index (χ1n) is 6.37. The molecule has 0 unspecified atom stereocenters. The van der Waals surface area contributed by atoms with Crippen LogP contribution in [-0.2, 0) is 10.3 Å². The number of benzene rings is 1. The molecule has 0 radical (unpaired) electrons. The molecule has 1 amide bonds. The molecule has 0 aromatic heterocycles. The summed E-state index contributed by atoms with van der Waals surface area (Å²) in [7, 11) is 1.60. The SMILES string of the molecule is C.CCCOc1cc([C@]2(C)CNC(=O)O2)ccc1OC. The number of carbonyl (C=O) groups is 1. The molecular weight excluding hydrogens is 258 g/mol. The van der Waals surface area contributed by atoms with Crippen LogP contribution in [0.15, 0.2) is 18.2 Å². The summed E-state index contributed by atoms with van der Waals surface area (Å²) < 4.78 is 16.3. The van der Waals surface area contributed by atoms with Crippen molar-refractivity contribution in [3.8, 4) is 11.5 Å². The van der Waals surface area contributed by atoms with E-state index < -0.39 is 11.7 Å². The van der Waals surface area contributed by atoms with Crippen LogP contribution in [0.5, 0.6) is 11.5 Å². The molecular formula is C15H23NO4. The summed E-state index contributed by atoms with van der Waals surface area (Å²) in [4.78, 5) is 11.2. The molecule has 5 heteroatoms. The maximum absolute atomic E-state index is 11.2. The van der Waals surface area contributed by atoms with Gasteiger partial charge in [-0.2, -0.15) is 0 Å². The first-order chi connectivity index (χ1) is 9.09. The van der Waals surface area contributed by atoms with Gasteiger partial charge in [-0.3, -0.25) is 0 Å². The van der Waals surface area contributed by atoms with Crippen molar-refractivity contribution in [2.45, 2.75) is 33.3 Å². The maximum Gasteiger partial charge on any atom is 0.408 e. The van der Waals surface area contributed by atoms with Gasteiger partial charge in [0.05, 0.1) is 20.3 Å². The van der Waals surface area contributed by atoms with Crippen LogP contribution >= 0.6 is 0 Å². The molecule has 1 aliphatic heterocycles. The minimum absolute atomic E-state index is 0. The second-order valence-corrected chi connectivity index (χ2v) is 4.69. The van der Waals surface area contributed by atoms with Crippen molar-refractivity contribution in [2.24, 2.45) is 0 Å². The van der Waals surface area contributed by atoms with Gasteiger partial charge in [-0.25, -0.2) is 4.79 Å². The third-order valence-corrected chi connectivity index (χ3v) is 3.12. The molecule has 0 bridgehead atoms. The highest BCUT2D eigenvalue weighted by Gasteiger charge is 2.37. The smallest absolute Gasteiger partial charge is 0.408 e. The van der Waals surface area contributed by atoms with Gasteiger partial charge in [0, 0.05) is 5.56 Å². The highest BCUT2D eigenvalue weighted by atomic mass is 16.6. The molecule has 0 aliphatic carbocycles. The zero-order valence-electron chi connectivity index (χ0n) is 11.5. The van der Waals surface area contributed by atoms with E-state index in [0.29, 0.717) is 24.7 Å². The largest absolute Gasteiger partial charge is 0.493 e. The third kappa shape index (κ3) is 3.15. The highest BCUT2D eigenvalue weighted by Crippen LogP contribution is 2.35. The van der Waals surface area contributed by atoms with Crippen LogP contribution in [0.1, 0.15) is 33.3 Å². The van der Waals surface area contributed by atoms with Gasteiger partial charge >= 0.3 is 6.09 Å². The Hall–Kier alpha value is -1.91. The Balaban J connectivity index is 0.00000200. The van der Waals surface area contributed by atoms with Gasteiger partial charge in [0.15, 0.2) is 17.1 Å². The molecule has 1 heterocycles. The minimum atomic E-state index is -0.659. The summed E-state index contributed by atoms with van der Waals surface area (Å²) >= 11 is 0. The first-order valence-corrected chi connectivity index (χ1v) is 6.37. The lowest BCUT2D eigenvalue weighted by atomic mass is 9.96. The fraction of sp³-hybridized carbons (Fsp3) is 0.533. The lowest BCUT2D eigenvalue weighted by molar-refractivity contribution is 0.0701. The second-order valence-electron chi connectivity index (χ2n) is 4.69. The Morgan fingerprint density at radius 3 is 2.70 bits per heavy atom. The third-order valence-electron chi connectivity index (χ3n) is 3.12. The molecule has 1 aromatic rings. The van der Waals surface area contributed by atoms with E-state index in [2.05, 4.69) is 5.32 Å². The molecule has 1 atom stereocenters. The van der Waals surface area contributed by atoms with Crippen molar-refractivity contribution in [2.75, 3.05) is 20.3 Å². The number of rotatable bonds is 5. The van der Waals surface area contributed by atoms with Crippen molar-refractivity contribution in [3.05, 3.63) is 23.8 Å². The number of hydrogen-bond acceptors (Lipinski definition) is 4. The Morgan fingerprint density at radius 1 is 1.40 bits per heavy atom. The molecule has 5 nitrogen and oxygen atoms in total. The number of cyclic esters (lactones) is 1. The lowest BCUT2D eigenvalue weighted by Crippen LogP contribution is -2.26. The normalized spacial score (nSPS) is 20.6. The number of amides is 1. The van der Waals surface area contributed by atoms with Gasteiger partial charge < -0.3 is 19.5 Å². The van der Waals surface area contributed by atoms with Crippen LogP contribution in [0.4, 0.5) is 4.79 Å². The second kappa shape index (κ2) is 6.50. The maximum atomic E-state index is 11.2. The Labute approximate surface area is 120 Å². The first kappa shape index (κ1) is 16.1. The van der Waals surface area contributed by atoms with E-state index in [0.717, 1.165) is 12.0 Å². The van der Waals surface area contributed by atoms with Gasteiger partial charge in [0.2, 0.25) is 0 Å². The summed E-state index contributed by atoms with van der Waals surface area (Å²) in [6.07, 6.45) is 0.524. The van der Waals surface area contributed by atoms with Gasteiger partial charge in [0.25, 0.3) is 0 Å². The average molecular weight is 281 g/mol.